The van der Waals surface area contributed by atoms with E-state index in [1.54, 1.807) is 4.80 Å². The first-order chi connectivity index (χ1) is 13.3. The van der Waals surface area contributed by atoms with E-state index in [-0.39, 0.29) is 5.75 Å². The van der Waals surface area contributed by atoms with Gasteiger partial charge in [-0.1, -0.05) is 32.0 Å². The van der Waals surface area contributed by atoms with Gasteiger partial charge >= 0.3 is 0 Å². The Morgan fingerprint density at radius 2 is 1.46 bits per heavy atom. The van der Waals surface area contributed by atoms with Crippen LogP contribution in [0.3, 0.4) is 0 Å². The maximum atomic E-state index is 10.8. The molecule has 1 N–H and O–H groups in total. The summed E-state index contributed by atoms with van der Waals surface area (Å²) in [7, 11) is -0.436. The second kappa shape index (κ2) is 8.48. The molecule has 3 rings (SSSR count). The Hall–Kier alpha value is -2.14. The summed E-state index contributed by atoms with van der Waals surface area (Å²) < 4.78 is 0. The molecular weight excluding hydrogens is 362 g/mol. The van der Waals surface area contributed by atoms with Crippen LogP contribution in [-0.4, -0.2) is 28.9 Å². The molecule has 0 aliphatic heterocycles. The minimum Gasteiger partial charge on any atom is -0.505 e. The van der Waals surface area contributed by atoms with E-state index in [1.165, 1.54) is 47.6 Å². The van der Waals surface area contributed by atoms with Gasteiger partial charge in [0.05, 0.1) is 0 Å². The summed E-state index contributed by atoms with van der Waals surface area (Å²) in [6, 6.07) is 7.63. The van der Waals surface area contributed by atoms with E-state index in [0.717, 1.165) is 23.0 Å². The van der Waals surface area contributed by atoms with Gasteiger partial charge in [-0.2, -0.15) is 0 Å². The Balaban J connectivity index is 1.90. The number of hydrogen-bond acceptors (Lipinski definition) is 3. The predicted octanol–water partition coefficient (Wildman–Crippen LogP) is 5.56. The van der Waals surface area contributed by atoms with Crippen molar-refractivity contribution in [2.24, 2.45) is 0 Å². The van der Waals surface area contributed by atoms with Gasteiger partial charge in [0.2, 0.25) is 0 Å². The molecule has 0 saturated carbocycles. The van der Waals surface area contributed by atoms with Crippen LogP contribution in [0.2, 0.25) is 19.1 Å². The minimum atomic E-state index is -0.436. The lowest BCUT2D eigenvalue weighted by molar-refractivity contribution is 0.462. The third kappa shape index (κ3) is 4.30. The summed E-state index contributed by atoms with van der Waals surface area (Å²) in [5, 5.41) is 20.0. The van der Waals surface area contributed by atoms with Crippen molar-refractivity contribution in [1.82, 2.24) is 15.0 Å². The second-order valence-electron chi connectivity index (χ2n) is 8.56. The summed E-state index contributed by atoms with van der Waals surface area (Å²) in [6.45, 7) is 13.1. The van der Waals surface area contributed by atoms with Crippen LogP contribution in [0.25, 0.3) is 16.7 Å². The molecule has 0 amide bonds. The van der Waals surface area contributed by atoms with E-state index in [2.05, 4.69) is 62.3 Å². The van der Waals surface area contributed by atoms with E-state index in [9.17, 15) is 5.11 Å². The van der Waals surface area contributed by atoms with Crippen LogP contribution >= 0.6 is 0 Å². The molecule has 0 fully saturated rings. The van der Waals surface area contributed by atoms with Crippen LogP contribution in [0.15, 0.2) is 18.2 Å². The molecule has 1 aromatic heterocycles. The molecule has 3 aromatic rings. The number of aryl methyl sites for hydroxylation is 3. The number of aromatic hydroxyl groups is 1. The number of rotatable bonds is 7. The maximum Gasteiger partial charge on any atom is 0.146 e. The zero-order valence-corrected chi connectivity index (χ0v) is 19.3. The molecule has 0 atom stereocenters. The third-order valence-corrected chi connectivity index (χ3v) is 7.45. The molecule has 0 aliphatic carbocycles. The summed E-state index contributed by atoms with van der Waals surface area (Å²) in [5.41, 5.74) is 8.21. The minimum absolute atomic E-state index is 0.279. The molecule has 28 heavy (non-hydrogen) atoms. The van der Waals surface area contributed by atoms with E-state index in [4.69, 9.17) is 0 Å². The van der Waals surface area contributed by atoms with Crippen molar-refractivity contribution in [3.63, 3.8) is 0 Å². The van der Waals surface area contributed by atoms with Crippen LogP contribution in [0.5, 0.6) is 5.75 Å². The van der Waals surface area contributed by atoms with Crippen molar-refractivity contribution >= 4 is 19.8 Å². The van der Waals surface area contributed by atoms with Crippen molar-refractivity contribution in [3.05, 3.63) is 46.0 Å². The number of benzene rings is 2. The Kier molecular flexibility index (Phi) is 6.23. The van der Waals surface area contributed by atoms with E-state index < -0.39 is 8.80 Å². The topological polar surface area (TPSA) is 50.9 Å². The molecular formula is C23H33N3OSi. The van der Waals surface area contributed by atoms with Gasteiger partial charge in [-0.25, -0.2) is 0 Å². The molecule has 0 bridgehead atoms. The number of unbranched alkanes of at least 4 members (excludes halogenated alkanes) is 2. The first-order valence-electron chi connectivity index (χ1n) is 10.4. The van der Waals surface area contributed by atoms with Crippen LogP contribution in [0, 0.1) is 27.7 Å². The van der Waals surface area contributed by atoms with Gasteiger partial charge in [-0.15, -0.1) is 15.0 Å². The van der Waals surface area contributed by atoms with Crippen molar-refractivity contribution in [3.8, 4) is 11.4 Å². The lowest BCUT2D eigenvalue weighted by atomic mass is 9.96. The first-order valence-corrected chi connectivity index (χ1v) is 13.6. The highest BCUT2D eigenvalue weighted by molar-refractivity contribution is 6.55. The third-order valence-electron chi connectivity index (χ3n) is 5.89. The fraction of sp³-hybridized carbons (Fsp3) is 0.478. The summed E-state index contributed by atoms with van der Waals surface area (Å²) >= 11 is 0. The summed E-state index contributed by atoms with van der Waals surface area (Å²) in [6.07, 6.45) is 4.86. The number of phenolic OH excluding ortho intramolecular Hbond substituents is 1. The van der Waals surface area contributed by atoms with Crippen LogP contribution in [0.4, 0.5) is 0 Å². The standard InChI is InChI=1S/C23H33N3OSi/c1-15-12-20-21(13-16(15)2)25-26(24-20)22-14-19(17(3)18(4)23(22)27)10-8-7-9-11-28(5)6/h12-14,27-28H,7-11H2,1-6H3. The smallest absolute Gasteiger partial charge is 0.146 e. The summed E-state index contributed by atoms with van der Waals surface area (Å²) in [5.74, 6) is 0.279. The largest absolute Gasteiger partial charge is 0.505 e. The zero-order chi connectivity index (χ0) is 20.4. The molecule has 4 nitrogen and oxygen atoms in total. The van der Waals surface area contributed by atoms with Crippen molar-refractivity contribution in [2.75, 3.05) is 0 Å². The van der Waals surface area contributed by atoms with Gasteiger partial charge in [0.15, 0.2) is 0 Å². The lowest BCUT2D eigenvalue weighted by Gasteiger charge is -2.14. The second-order valence-corrected chi connectivity index (χ2v) is 11.9. The monoisotopic (exact) mass is 395 g/mol. The van der Waals surface area contributed by atoms with E-state index in [1.807, 2.05) is 6.92 Å². The fourth-order valence-electron chi connectivity index (χ4n) is 3.69. The van der Waals surface area contributed by atoms with Crippen LogP contribution in [0.1, 0.15) is 47.1 Å². The highest BCUT2D eigenvalue weighted by Crippen LogP contribution is 2.32. The quantitative estimate of drug-likeness (QED) is 0.421. The predicted molar refractivity (Wildman–Crippen MR) is 121 cm³/mol. The van der Waals surface area contributed by atoms with Crippen LogP contribution < -0.4 is 0 Å². The molecule has 1 heterocycles. The SMILES string of the molecule is Cc1cc2nn(-c3cc(CCCCC[SiH](C)C)c(C)c(C)c3O)nc2cc1C. The van der Waals surface area contributed by atoms with Gasteiger partial charge in [-0.05, 0) is 86.6 Å². The fourth-order valence-corrected chi connectivity index (χ4v) is 4.79. The lowest BCUT2D eigenvalue weighted by Crippen LogP contribution is -2.04. The molecule has 0 saturated heterocycles. The Labute approximate surface area is 170 Å². The molecule has 5 heteroatoms. The Bertz CT molecular complexity index is 952. The molecule has 0 radical (unpaired) electrons. The van der Waals surface area contributed by atoms with E-state index >= 15 is 0 Å². The Morgan fingerprint density at radius 1 is 0.857 bits per heavy atom. The molecule has 0 unspecified atom stereocenters. The highest BCUT2D eigenvalue weighted by Gasteiger charge is 2.16. The van der Waals surface area contributed by atoms with Crippen molar-refractivity contribution in [1.29, 1.82) is 0 Å². The normalized spacial score (nSPS) is 11.7. The maximum absolute atomic E-state index is 10.8. The molecule has 2 aromatic carbocycles. The van der Waals surface area contributed by atoms with Crippen LogP contribution in [-0.2, 0) is 6.42 Å². The van der Waals surface area contributed by atoms with Gasteiger partial charge in [0.1, 0.15) is 22.5 Å². The van der Waals surface area contributed by atoms with Crippen molar-refractivity contribution in [2.45, 2.75) is 72.5 Å². The van der Waals surface area contributed by atoms with Crippen molar-refractivity contribution < 1.29 is 5.11 Å². The number of fused-ring (bicyclic) bond motifs is 1. The average Bonchev–Trinajstić information content (AvgIpc) is 3.03. The highest BCUT2D eigenvalue weighted by atomic mass is 28.3. The van der Waals surface area contributed by atoms with Gasteiger partial charge < -0.3 is 5.11 Å². The van der Waals surface area contributed by atoms with E-state index in [0.29, 0.717) is 5.69 Å². The molecule has 150 valence electrons. The Morgan fingerprint density at radius 3 is 2.04 bits per heavy atom. The zero-order valence-electron chi connectivity index (χ0n) is 18.1. The summed E-state index contributed by atoms with van der Waals surface area (Å²) in [4.78, 5) is 1.60. The molecule has 0 aliphatic rings. The number of aromatic nitrogens is 3. The number of hydrogen-bond donors (Lipinski definition) is 1. The average molecular weight is 396 g/mol. The molecule has 0 spiro atoms. The number of nitrogens with zero attached hydrogens (tertiary/aromatic N) is 3. The number of phenols is 1. The van der Waals surface area contributed by atoms with Gasteiger partial charge in [0, 0.05) is 8.80 Å². The van der Waals surface area contributed by atoms with Gasteiger partial charge in [0.25, 0.3) is 0 Å². The van der Waals surface area contributed by atoms with Gasteiger partial charge in [-0.3, -0.25) is 0 Å². The first kappa shape index (κ1) is 20.6.